The second kappa shape index (κ2) is 28.9. The van der Waals surface area contributed by atoms with Gasteiger partial charge in [0.2, 0.25) is 0 Å². The first-order valence-electron chi connectivity index (χ1n) is 43.1. The zero-order chi connectivity index (χ0) is 83.6. The quantitative estimate of drug-likeness (QED) is 0.0815. The Morgan fingerprint density at radius 3 is 1.81 bits per heavy atom. The van der Waals surface area contributed by atoms with E-state index in [1.165, 1.54) is 22.9 Å². The van der Waals surface area contributed by atoms with Gasteiger partial charge in [0.15, 0.2) is 23.1 Å². The number of allylic oxidation sites excluding steroid dienone is 9. The molecule has 0 radical (unpaired) electrons. The molecule has 17 atom stereocenters. The van der Waals surface area contributed by atoms with Gasteiger partial charge in [-0.1, -0.05) is 116 Å². The molecule has 0 saturated heterocycles. The normalized spacial score (nSPS) is 34.7. The summed E-state index contributed by atoms with van der Waals surface area (Å²) in [5.41, 5.74) is 2.92. The Balaban J connectivity index is 0.708. The highest BCUT2D eigenvalue weighted by Crippen LogP contribution is 2.79. The number of rotatable bonds is 20. The third-order valence-corrected chi connectivity index (χ3v) is 34.1. The van der Waals surface area contributed by atoms with Gasteiger partial charge in [-0.25, -0.2) is 4.68 Å². The number of aromatic nitrogens is 5. The van der Waals surface area contributed by atoms with Gasteiger partial charge in [-0.3, -0.25) is 47.7 Å². The van der Waals surface area contributed by atoms with E-state index in [1.54, 1.807) is 50.6 Å². The average Bonchev–Trinajstić information content (AvgIpc) is 1.33. The van der Waals surface area contributed by atoms with Crippen molar-refractivity contribution in [3.8, 4) is 23.5 Å². The fourth-order valence-electron chi connectivity index (χ4n) is 27.6. The van der Waals surface area contributed by atoms with Crippen LogP contribution in [0.4, 0.5) is 0 Å². The number of carbonyl (C=O) groups is 6. The summed E-state index contributed by atoms with van der Waals surface area (Å²) in [7, 11) is 5.31. The molecule has 114 heavy (non-hydrogen) atoms. The maximum absolute atomic E-state index is 15.3. The largest absolute Gasteiger partial charge is 0.491 e. The number of esters is 3. The minimum absolute atomic E-state index is 0.00252. The summed E-state index contributed by atoms with van der Waals surface area (Å²) in [5.74, 6) is -0.784. The van der Waals surface area contributed by atoms with E-state index in [2.05, 4.69) is 103 Å². The van der Waals surface area contributed by atoms with Gasteiger partial charge < -0.3 is 24.1 Å². The van der Waals surface area contributed by atoms with Crippen molar-refractivity contribution in [2.24, 2.45) is 110 Å². The van der Waals surface area contributed by atoms with Gasteiger partial charge in [-0.05, 0) is 283 Å². The first-order valence-corrected chi connectivity index (χ1v) is 43.1. The number of Topliss-reactive ketones (excluding diaryl/α,β-unsaturated/α-hetero) is 2. The Kier molecular flexibility index (Phi) is 21.4. The van der Waals surface area contributed by atoms with Crippen molar-refractivity contribution < 1.29 is 52.8 Å². The first-order chi connectivity index (χ1) is 53.1. The summed E-state index contributed by atoms with van der Waals surface area (Å²) in [4.78, 5) is 120. The smallest absolute Gasteiger partial charge is 0.318 e. The Morgan fingerprint density at radius 2 is 1.25 bits per heavy atom. The first kappa shape index (κ1) is 84.3. The topological polar surface area (TPSA) is 250 Å². The van der Waals surface area contributed by atoms with Gasteiger partial charge in [0.05, 0.1) is 54.3 Å². The minimum Gasteiger partial charge on any atom is -0.491 e. The van der Waals surface area contributed by atoms with Gasteiger partial charge in [-0.2, -0.15) is 14.9 Å². The lowest BCUT2D eigenvalue weighted by molar-refractivity contribution is -0.232. The number of carboxylic acid groups (broad SMARTS) is 1. The Morgan fingerprint density at radius 1 is 0.693 bits per heavy atom. The lowest BCUT2D eigenvalue weighted by Gasteiger charge is -2.72. The molecule has 0 bridgehead atoms. The number of ketones is 2. The number of nitrogens with zero attached hydrogens (tertiary/aromatic N) is 6. The Labute approximate surface area is 676 Å². The summed E-state index contributed by atoms with van der Waals surface area (Å²) in [6, 6.07) is 5.11. The SMILES string of the molecule is C=C1CC=C(C#N)C=CC1n1c(=O)c(C)c([C@@]23CC[C@]4(C)[C@H](CC[C@@H]5[C@@]6(C)CC[C@H](OC(=O)CC(C)(C)C(=O)Oc7nc(-n8c(=O)c(C)c([C@@]9%10CC[C@]%11(C)[C@H](CC[C@@H]%12[C@@](C)(CC[C@@H](CC)OC(=O)CC(C)(C)C(=O)O)[C@H](C)CC[C@]%12%11C)C9=C(C(C)C)C(=O)C%10)n8C)ccc7OC)C(C)(C)[C@@H]6CC[C@]54C)C2=C(C(C)C)C(=O)C3)n1C. The predicted octanol–water partition coefficient (Wildman–Crippen LogP) is 18.4. The summed E-state index contributed by atoms with van der Waals surface area (Å²) in [6.07, 6.45) is 20.0. The minimum atomic E-state index is -1.39. The maximum atomic E-state index is 15.3. The fraction of sp³-hybridized carbons (Fsp3) is 0.705. The standard InChI is InChI=1S/C95H132N6O13/c1-25-60(112-72(104)50-85(10,11)83(108)109)37-40-88(16)56(7)36-42-92(20)68(88)33-29-61-77-75(54(4)5)65(103)49-95(77,47-44-90(61,92)18)79-58(9)82(107)101(99(79)23)71-35-32-66(111-24)80(97-71)114-84(110)86(12,13)51-73(105)113-70-39-41-89(17)67(87(70,14)15)38-43-93(21)69(89)34-30-62-76-74(53(2)3)64(102)48-94(76,46-45-91(62,93)19)78-57(8)81(106)100(98(78)22)63-31-28-59(52-96)27-26-55(63)6/h27-28,31-32,35,53-54,56,60-63,67-70H,6,25-26,29-30,33-34,36-51H2,1-5,7-24H3,(H,108,109)/t56-,60-,61-,62-,63?,67+,68-,69-,70+,88+,89+,90-,91-,92-,93-,94-,95-/m1/s1. The van der Waals surface area contributed by atoms with Crippen LogP contribution in [0, 0.1) is 121 Å². The molecule has 3 aromatic rings. The number of fused-ring (bicyclic) bond motifs is 12. The summed E-state index contributed by atoms with van der Waals surface area (Å²) in [6.45, 7) is 47.2. The van der Waals surface area contributed by atoms with Crippen LogP contribution < -0.4 is 20.6 Å². The summed E-state index contributed by atoms with van der Waals surface area (Å²) < 4.78 is 32.0. The van der Waals surface area contributed by atoms with E-state index in [0.717, 1.165) is 112 Å². The fourth-order valence-corrected chi connectivity index (χ4v) is 27.6. The zero-order valence-electron chi connectivity index (χ0n) is 73.0. The third kappa shape index (κ3) is 12.4. The Bertz CT molecular complexity index is 4820. The molecule has 10 aliphatic carbocycles. The molecule has 7 saturated carbocycles. The zero-order valence-corrected chi connectivity index (χ0v) is 73.0. The van der Waals surface area contributed by atoms with E-state index in [4.69, 9.17) is 23.9 Å². The van der Waals surface area contributed by atoms with Gasteiger partial charge >= 0.3 is 23.9 Å². The number of carbonyl (C=O) groups excluding carboxylic acids is 5. The molecule has 10 aliphatic rings. The molecular weight excluding hydrogens is 1430 g/mol. The van der Waals surface area contributed by atoms with Gasteiger partial charge in [-0.15, -0.1) is 0 Å². The van der Waals surface area contributed by atoms with Crippen LogP contribution in [0.2, 0.25) is 0 Å². The lowest BCUT2D eigenvalue weighted by Crippen LogP contribution is -2.66. The van der Waals surface area contributed by atoms with Crippen molar-refractivity contribution in [3.05, 3.63) is 114 Å². The van der Waals surface area contributed by atoms with Crippen LogP contribution in [-0.4, -0.2) is 83.6 Å². The van der Waals surface area contributed by atoms with Crippen molar-refractivity contribution in [2.75, 3.05) is 7.11 Å². The molecule has 620 valence electrons. The number of pyridine rings is 1. The van der Waals surface area contributed by atoms with Gasteiger partial charge in [0.1, 0.15) is 12.2 Å². The molecule has 1 N–H and O–H groups in total. The van der Waals surface area contributed by atoms with Crippen LogP contribution in [0.25, 0.3) is 5.82 Å². The van der Waals surface area contributed by atoms with Crippen molar-refractivity contribution >= 4 is 35.4 Å². The molecule has 3 aromatic heterocycles. The highest BCUT2D eigenvalue weighted by atomic mass is 16.6. The summed E-state index contributed by atoms with van der Waals surface area (Å²) in [5, 5.41) is 19.6. The predicted molar refractivity (Wildman–Crippen MR) is 439 cm³/mol. The molecule has 0 amide bonds. The number of carboxylic acids is 1. The number of hydrogen-bond donors (Lipinski definition) is 1. The van der Waals surface area contributed by atoms with E-state index >= 15 is 9.59 Å². The second-order valence-corrected chi connectivity index (χ2v) is 41.5. The molecule has 1 unspecified atom stereocenters. The van der Waals surface area contributed by atoms with Gasteiger partial charge in [0, 0.05) is 59.9 Å². The monoisotopic (exact) mass is 1560 g/mol. The Hall–Kier alpha value is -7.62. The van der Waals surface area contributed by atoms with E-state index in [-0.39, 0.29) is 128 Å². The molecule has 3 heterocycles. The van der Waals surface area contributed by atoms with Crippen molar-refractivity contribution in [3.63, 3.8) is 0 Å². The number of methoxy groups -OCH3 is 1. The molecule has 7 fully saturated rings. The summed E-state index contributed by atoms with van der Waals surface area (Å²) >= 11 is 0. The number of nitriles is 1. The van der Waals surface area contributed by atoms with Crippen LogP contribution in [-0.2, 0) is 63.2 Å². The van der Waals surface area contributed by atoms with Gasteiger partial charge in [0.25, 0.3) is 17.0 Å². The van der Waals surface area contributed by atoms with Crippen molar-refractivity contribution in [2.45, 2.75) is 309 Å². The van der Waals surface area contributed by atoms with Crippen LogP contribution in [0.3, 0.4) is 0 Å². The van der Waals surface area contributed by atoms with Crippen LogP contribution in [0.15, 0.2) is 80.0 Å². The molecule has 19 heteroatoms. The number of ether oxygens (including phenoxy) is 4. The number of hydrogen-bond acceptors (Lipinski definition) is 14. The highest BCUT2D eigenvalue weighted by molar-refractivity contribution is 6.03. The van der Waals surface area contributed by atoms with E-state index in [9.17, 15) is 39.1 Å². The highest BCUT2D eigenvalue weighted by Gasteiger charge is 2.73. The van der Waals surface area contributed by atoms with Crippen LogP contribution in [0.1, 0.15) is 294 Å². The molecule has 13 rings (SSSR count). The lowest BCUT2D eigenvalue weighted by atomic mass is 9.33. The van der Waals surface area contributed by atoms with Crippen LogP contribution in [0.5, 0.6) is 11.6 Å². The molecule has 0 aliphatic heterocycles. The molecular formula is C95H132N6O13. The number of aliphatic carboxylic acids is 1. The molecule has 0 spiro atoms. The van der Waals surface area contributed by atoms with Crippen molar-refractivity contribution in [1.29, 1.82) is 5.26 Å². The maximum Gasteiger partial charge on any atom is 0.318 e. The van der Waals surface area contributed by atoms with E-state index in [0.29, 0.717) is 73.0 Å². The third-order valence-electron chi connectivity index (χ3n) is 34.1. The van der Waals surface area contributed by atoms with E-state index < -0.39 is 63.1 Å². The second-order valence-electron chi connectivity index (χ2n) is 41.5. The van der Waals surface area contributed by atoms with Crippen molar-refractivity contribution in [1.82, 2.24) is 23.7 Å². The van der Waals surface area contributed by atoms with Crippen LogP contribution >= 0.6 is 0 Å². The molecule has 0 aromatic carbocycles. The average molecular weight is 1570 g/mol. The van der Waals surface area contributed by atoms with E-state index in [1.807, 2.05) is 56.4 Å². The molecule has 19 nitrogen and oxygen atoms in total.